The van der Waals surface area contributed by atoms with E-state index in [1.54, 1.807) is 54.6 Å². The molecule has 0 spiro atoms. The molecule has 152 valence electrons. The standard InChI is InChI=1S/C21H16ClN3O4S/c22-15-5-8-17(9-6-15)30-13-20(26)24-25-21(27)19-10-7-16(29-19)12-28-18-4-2-1-3-14(18)11-23/h1-10H,12-13H2,(H,24,26)(H,25,27). The normalized spacial score (nSPS) is 10.1. The number of hydrazine groups is 1. The lowest BCUT2D eigenvalue weighted by Crippen LogP contribution is -2.42. The summed E-state index contributed by atoms with van der Waals surface area (Å²) in [5, 5.41) is 9.68. The number of para-hydroxylation sites is 1. The van der Waals surface area contributed by atoms with E-state index in [2.05, 4.69) is 10.9 Å². The Labute approximate surface area is 181 Å². The van der Waals surface area contributed by atoms with Gasteiger partial charge in [-0.3, -0.25) is 20.4 Å². The summed E-state index contributed by atoms with van der Waals surface area (Å²) in [6.45, 7) is 0.0517. The molecular formula is C21H16ClN3O4S. The number of hydrogen-bond donors (Lipinski definition) is 2. The highest BCUT2D eigenvalue weighted by atomic mass is 35.5. The summed E-state index contributed by atoms with van der Waals surface area (Å²) in [6, 6.07) is 19.0. The molecule has 0 unspecified atom stereocenters. The molecule has 7 nitrogen and oxygen atoms in total. The minimum Gasteiger partial charge on any atom is -0.484 e. The molecule has 9 heteroatoms. The Hall–Kier alpha value is -3.41. The maximum absolute atomic E-state index is 12.1. The molecule has 1 heterocycles. The number of halogens is 1. The first-order chi connectivity index (χ1) is 14.5. The van der Waals surface area contributed by atoms with Gasteiger partial charge in [0, 0.05) is 9.92 Å². The molecule has 0 aliphatic rings. The molecule has 0 bridgehead atoms. The second-order valence-electron chi connectivity index (χ2n) is 5.91. The predicted octanol–water partition coefficient (Wildman–Crippen LogP) is 3.94. The number of nitriles is 1. The number of nitrogens with one attached hydrogen (secondary N) is 2. The number of rotatable bonds is 7. The van der Waals surface area contributed by atoms with E-state index in [0.29, 0.717) is 22.1 Å². The molecule has 2 N–H and O–H groups in total. The topological polar surface area (TPSA) is 104 Å². The number of thioether (sulfide) groups is 1. The fraction of sp³-hybridized carbons (Fsp3) is 0.0952. The van der Waals surface area contributed by atoms with Crippen LogP contribution in [0.5, 0.6) is 5.75 Å². The van der Waals surface area contributed by atoms with Crippen molar-refractivity contribution in [1.82, 2.24) is 10.9 Å². The van der Waals surface area contributed by atoms with E-state index in [4.69, 9.17) is 26.0 Å². The van der Waals surface area contributed by atoms with Gasteiger partial charge in [-0.1, -0.05) is 23.7 Å². The quantitative estimate of drug-likeness (QED) is 0.425. The second kappa shape index (κ2) is 10.4. The predicted molar refractivity (Wildman–Crippen MR) is 112 cm³/mol. The molecule has 0 aliphatic carbocycles. The van der Waals surface area contributed by atoms with Crippen LogP contribution in [0.15, 0.2) is 70.0 Å². The highest BCUT2D eigenvalue weighted by Gasteiger charge is 2.13. The van der Waals surface area contributed by atoms with Crippen LogP contribution in [-0.4, -0.2) is 17.6 Å². The summed E-state index contributed by atoms with van der Waals surface area (Å²) in [6.07, 6.45) is 0. The van der Waals surface area contributed by atoms with Gasteiger partial charge in [0.2, 0.25) is 5.91 Å². The van der Waals surface area contributed by atoms with E-state index in [-0.39, 0.29) is 24.0 Å². The Balaban J connectivity index is 1.44. The number of carbonyl (C=O) groups is 2. The van der Waals surface area contributed by atoms with Crippen molar-refractivity contribution in [2.75, 3.05) is 5.75 Å². The monoisotopic (exact) mass is 441 g/mol. The van der Waals surface area contributed by atoms with Crippen LogP contribution >= 0.6 is 23.4 Å². The second-order valence-corrected chi connectivity index (χ2v) is 7.39. The summed E-state index contributed by atoms with van der Waals surface area (Å²) >= 11 is 7.13. The molecule has 0 fully saturated rings. The first-order valence-corrected chi connectivity index (χ1v) is 10.1. The van der Waals surface area contributed by atoms with E-state index in [0.717, 1.165) is 4.90 Å². The molecule has 0 saturated carbocycles. The largest absolute Gasteiger partial charge is 0.484 e. The smallest absolute Gasteiger partial charge is 0.305 e. The summed E-state index contributed by atoms with van der Waals surface area (Å²) in [7, 11) is 0. The molecule has 0 aliphatic heterocycles. The third-order valence-electron chi connectivity index (χ3n) is 3.76. The molecule has 0 saturated heterocycles. The van der Waals surface area contributed by atoms with Crippen molar-refractivity contribution < 1.29 is 18.7 Å². The zero-order valence-electron chi connectivity index (χ0n) is 15.6. The Morgan fingerprint density at radius 3 is 2.60 bits per heavy atom. The summed E-state index contributed by atoms with van der Waals surface area (Å²) < 4.78 is 11.0. The van der Waals surface area contributed by atoms with Gasteiger partial charge in [0.25, 0.3) is 0 Å². The maximum atomic E-state index is 12.1. The number of furan rings is 1. The van der Waals surface area contributed by atoms with Crippen molar-refractivity contribution in [2.24, 2.45) is 0 Å². The van der Waals surface area contributed by atoms with Gasteiger partial charge in [-0.05, 0) is 48.5 Å². The molecule has 0 atom stereocenters. The number of amides is 2. The third-order valence-corrected chi connectivity index (χ3v) is 5.03. The van der Waals surface area contributed by atoms with Crippen molar-refractivity contribution in [3.8, 4) is 11.8 Å². The summed E-state index contributed by atoms with van der Waals surface area (Å²) in [4.78, 5) is 24.9. The maximum Gasteiger partial charge on any atom is 0.305 e. The van der Waals surface area contributed by atoms with E-state index < -0.39 is 5.91 Å². The van der Waals surface area contributed by atoms with Crippen LogP contribution in [0, 0.1) is 11.3 Å². The Kier molecular flexibility index (Phi) is 7.38. The fourth-order valence-corrected chi connectivity index (χ4v) is 3.14. The molecule has 3 aromatic rings. The van der Waals surface area contributed by atoms with Crippen molar-refractivity contribution in [3.63, 3.8) is 0 Å². The lowest BCUT2D eigenvalue weighted by Gasteiger charge is -2.07. The molecule has 0 radical (unpaired) electrons. The van der Waals surface area contributed by atoms with Gasteiger partial charge < -0.3 is 9.15 Å². The van der Waals surface area contributed by atoms with Gasteiger partial charge in [-0.15, -0.1) is 11.8 Å². The van der Waals surface area contributed by atoms with Crippen LogP contribution in [-0.2, 0) is 11.4 Å². The molecule has 30 heavy (non-hydrogen) atoms. The van der Waals surface area contributed by atoms with Crippen molar-refractivity contribution in [1.29, 1.82) is 5.26 Å². The molecule has 2 aromatic carbocycles. The first kappa shape index (κ1) is 21.3. The number of benzene rings is 2. The van der Waals surface area contributed by atoms with Gasteiger partial charge in [0.1, 0.15) is 24.2 Å². The molecule has 1 aromatic heterocycles. The number of hydrogen-bond acceptors (Lipinski definition) is 6. The highest BCUT2D eigenvalue weighted by molar-refractivity contribution is 8.00. The average Bonchev–Trinajstić information content (AvgIpc) is 3.25. The van der Waals surface area contributed by atoms with Crippen LogP contribution < -0.4 is 15.6 Å². The van der Waals surface area contributed by atoms with Crippen molar-refractivity contribution in [3.05, 3.63) is 82.8 Å². The minimum atomic E-state index is -0.594. The zero-order chi connectivity index (χ0) is 21.3. The highest BCUT2D eigenvalue weighted by Crippen LogP contribution is 2.20. The number of nitrogens with zero attached hydrogens (tertiary/aromatic N) is 1. The molecule has 3 rings (SSSR count). The van der Waals surface area contributed by atoms with Gasteiger partial charge in [-0.2, -0.15) is 5.26 Å². The Morgan fingerprint density at radius 2 is 1.83 bits per heavy atom. The van der Waals surface area contributed by atoms with Crippen molar-refractivity contribution in [2.45, 2.75) is 11.5 Å². The fourth-order valence-electron chi connectivity index (χ4n) is 2.32. The van der Waals surface area contributed by atoms with Gasteiger partial charge in [0.15, 0.2) is 5.76 Å². The van der Waals surface area contributed by atoms with Crippen molar-refractivity contribution >= 4 is 35.2 Å². The van der Waals surface area contributed by atoms with E-state index in [9.17, 15) is 9.59 Å². The van der Waals surface area contributed by atoms with Crippen LogP contribution in [0.4, 0.5) is 0 Å². The van der Waals surface area contributed by atoms with E-state index in [1.165, 1.54) is 17.8 Å². The molecular weight excluding hydrogens is 426 g/mol. The van der Waals surface area contributed by atoms with Crippen LogP contribution in [0.25, 0.3) is 0 Å². The SMILES string of the molecule is N#Cc1ccccc1OCc1ccc(C(=O)NNC(=O)CSc2ccc(Cl)cc2)o1. The summed E-state index contributed by atoms with van der Waals surface area (Å²) in [5.41, 5.74) is 5.03. The lowest BCUT2D eigenvalue weighted by atomic mass is 10.2. The Morgan fingerprint density at radius 1 is 1.07 bits per heavy atom. The van der Waals surface area contributed by atoms with Gasteiger partial charge in [0.05, 0.1) is 11.3 Å². The average molecular weight is 442 g/mol. The first-order valence-electron chi connectivity index (χ1n) is 8.73. The van der Waals surface area contributed by atoms with Gasteiger partial charge in [-0.25, -0.2) is 0 Å². The summed E-state index contributed by atoms with van der Waals surface area (Å²) in [5.74, 6) is 0.00510. The van der Waals surface area contributed by atoms with Gasteiger partial charge >= 0.3 is 5.91 Å². The third kappa shape index (κ3) is 6.04. The minimum absolute atomic E-state index is 0.0211. The lowest BCUT2D eigenvalue weighted by molar-refractivity contribution is -0.119. The van der Waals surface area contributed by atoms with Crippen LogP contribution in [0.3, 0.4) is 0 Å². The van der Waals surface area contributed by atoms with E-state index >= 15 is 0 Å². The Bertz CT molecular complexity index is 1080. The number of ether oxygens (including phenoxy) is 1. The van der Waals surface area contributed by atoms with E-state index in [1.807, 2.05) is 6.07 Å². The zero-order valence-corrected chi connectivity index (χ0v) is 17.1. The van der Waals surface area contributed by atoms with Crippen LogP contribution in [0.2, 0.25) is 5.02 Å². The van der Waals surface area contributed by atoms with Crippen LogP contribution in [0.1, 0.15) is 21.9 Å². The molecule has 2 amide bonds. The number of carbonyl (C=O) groups excluding carboxylic acids is 2.